The number of rotatable bonds is 11. The predicted molar refractivity (Wildman–Crippen MR) is 114 cm³/mol. The fourth-order valence-electron chi connectivity index (χ4n) is 2.37. The fourth-order valence-corrected chi connectivity index (χ4v) is 5.21. The molecule has 11 heteroatoms. The molecule has 0 aliphatic carbocycles. The minimum Gasteiger partial charge on any atom is -0.398 e. The van der Waals surface area contributed by atoms with E-state index in [-0.39, 0.29) is 28.1 Å². The van der Waals surface area contributed by atoms with Gasteiger partial charge in [-0.3, -0.25) is 0 Å². The largest absolute Gasteiger partial charge is 0.398 e. The van der Waals surface area contributed by atoms with Gasteiger partial charge in [0.15, 0.2) is 0 Å². The molecule has 1 aromatic rings. The van der Waals surface area contributed by atoms with Crippen LogP contribution in [0, 0.1) is 5.92 Å². The lowest BCUT2D eigenvalue weighted by atomic mass is 10.0. The normalized spacial score (nSPS) is 13.8. The Hall–Kier alpha value is -1.36. The van der Waals surface area contributed by atoms with E-state index in [1.807, 2.05) is 6.92 Å². The maximum atomic E-state index is 12.7. The van der Waals surface area contributed by atoms with E-state index >= 15 is 0 Å². The molecular weight excluding hydrogens is 424 g/mol. The zero-order valence-corrected chi connectivity index (χ0v) is 19.0. The number of benzene rings is 1. The van der Waals surface area contributed by atoms with Crippen molar-refractivity contribution in [3.8, 4) is 0 Å². The van der Waals surface area contributed by atoms with Gasteiger partial charge in [-0.25, -0.2) is 13.1 Å². The van der Waals surface area contributed by atoms with E-state index in [0.29, 0.717) is 0 Å². The molecule has 0 saturated carbocycles. The highest BCUT2D eigenvalue weighted by Crippen LogP contribution is 2.31. The molecule has 0 aliphatic rings. The van der Waals surface area contributed by atoms with Gasteiger partial charge >= 0.3 is 0 Å². The van der Waals surface area contributed by atoms with Crippen LogP contribution in [0.2, 0.25) is 5.02 Å². The van der Waals surface area contributed by atoms with Gasteiger partial charge in [0.05, 0.1) is 10.7 Å². The fraction of sp³-hybridized carbons (Fsp3) is 0.588. The molecule has 0 aromatic heterocycles. The second-order valence-electron chi connectivity index (χ2n) is 6.93. The molecule has 0 spiro atoms. The first kappa shape index (κ1) is 24.7. The van der Waals surface area contributed by atoms with Gasteiger partial charge in [0.1, 0.15) is 16.1 Å². The van der Waals surface area contributed by atoms with E-state index in [0.717, 1.165) is 44.2 Å². The number of anilines is 1. The van der Waals surface area contributed by atoms with Crippen molar-refractivity contribution >= 4 is 43.7 Å². The molecule has 0 amide bonds. The molecule has 1 aromatic carbocycles. The Morgan fingerprint density at radius 3 is 2.43 bits per heavy atom. The predicted octanol–water partition coefficient (Wildman–Crippen LogP) is 2.70. The van der Waals surface area contributed by atoms with Gasteiger partial charge in [-0.15, -0.1) is 4.40 Å². The van der Waals surface area contributed by atoms with E-state index in [1.54, 1.807) is 14.1 Å². The third kappa shape index (κ3) is 7.23. The number of sulfonamides is 2. The first-order chi connectivity index (χ1) is 12.9. The molecule has 160 valence electrons. The number of nitrogen functional groups attached to an aromatic ring is 1. The highest BCUT2D eigenvalue weighted by molar-refractivity contribution is 7.91. The van der Waals surface area contributed by atoms with Crippen molar-refractivity contribution in [1.82, 2.24) is 9.62 Å². The van der Waals surface area contributed by atoms with Gasteiger partial charge in [-0.05, 0) is 24.5 Å². The van der Waals surface area contributed by atoms with Gasteiger partial charge in [0, 0.05) is 20.6 Å². The second kappa shape index (κ2) is 10.4. The molecular formula is C17H29ClN4O4S2. The van der Waals surface area contributed by atoms with Crippen molar-refractivity contribution < 1.29 is 16.8 Å². The van der Waals surface area contributed by atoms with Crippen LogP contribution in [0.25, 0.3) is 0 Å². The summed E-state index contributed by atoms with van der Waals surface area (Å²) in [5.74, 6) is 0.141. The summed E-state index contributed by atoms with van der Waals surface area (Å²) in [4.78, 5) is 0.677. The number of nitrogens with zero attached hydrogens (tertiary/aromatic N) is 2. The van der Waals surface area contributed by atoms with Crippen LogP contribution < -0.4 is 10.5 Å². The smallest absolute Gasteiger partial charge is 0.285 e. The summed E-state index contributed by atoms with van der Waals surface area (Å²) in [5, 5.41) is -0.194. The first-order valence-electron chi connectivity index (χ1n) is 8.96. The van der Waals surface area contributed by atoms with E-state index in [2.05, 4.69) is 16.0 Å². The summed E-state index contributed by atoms with van der Waals surface area (Å²) in [6.45, 7) is 4.29. The monoisotopic (exact) mass is 452 g/mol. The number of hydrogen-bond acceptors (Lipinski definition) is 5. The van der Waals surface area contributed by atoms with Crippen LogP contribution in [0.3, 0.4) is 0 Å². The summed E-state index contributed by atoms with van der Waals surface area (Å²) < 4.78 is 56.1. The quantitative estimate of drug-likeness (QED) is 0.230. The lowest BCUT2D eigenvalue weighted by molar-refractivity contribution is 0.483. The Bertz CT molecular complexity index is 900. The van der Waals surface area contributed by atoms with Crippen molar-refractivity contribution in [2.45, 2.75) is 49.3 Å². The van der Waals surface area contributed by atoms with Crippen LogP contribution in [0.1, 0.15) is 39.5 Å². The lowest BCUT2D eigenvalue weighted by Gasteiger charge is -2.15. The van der Waals surface area contributed by atoms with Crippen LogP contribution in [0.5, 0.6) is 0 Å². The Kier molecular flexibility index (Phi) is 9.19. The summed E-state index contributed by atoms with van der Waals surface area (Å²) in [6, 6.07) is 2.06. The third-order valence-corrected chi connectivity index (χ3v) is 7.14. The van der Waals surface area contributed by atoms with Crippen molar-refractivity contribution in [3.63, 3.8) is 0 Å². The van der Waals surface area contributed by atoms with Crippen LogP contribution in [0.4, 0.5) is 5.69 Å². The van der Waals surface area contributed by atoms with Gasteiger partial charge in [0.2, 0.25) is 10.0 Å². The minimum absolute atomic E-state index is 0.133. The van der Waals surface area contributed by atoms with Crippen molar-refractivity contribution in [3.05, 3.63) is 17.2 Å². The molecule has 8 nitrogen and oxygen atoms in total. The first-order valence-corrected chi connectivity index (χ1v) is 12.3. The summed E-state index contributed by atoms with van der Waals surface area (Å²) >= 11 is 5.99. The van der Waals surface area contributed by atoms with Gasteiger partial charge in [-0.1, -0.05) is 44.7 Å². The maximum Gasteiger partial charge on any atom is 0.285 e. The zero-order chi connectivity index (χ0) is 21.5. The number of nitrogens with one attached hydrogen (secondary N) is 1. The zero-order valence-electron chi connectivity index (χ0n) is 16.6. The number of unbranched alkanes of at least 4 members (excludes halogenated alkanes) is 2. The summed E-state index contributed by atoms with van der Waals surface area (Å²) in [5.41, 5.74) is 5.67. The Morgan fingerprint density at radius 1 is 1.21 bits per heavy atom. The average molecular weight is 453 g/mol. The van der Waals surface area contributed by atoms with E-state index in [4.69, 9.17) is 17.3 Å². The van der Waals surface area contributed by atoms with Gasteiger partial charge in [-0.2, -0.15) is 8.42 Å². The van der Waals surface area contributed by atoms with Crippen molar-refractivity contribution in [2.75, 3.05) is 26.4 Å². The molecule has 0 aliphatic heterocycles. The molecule has 1 unspecified atom stereocenters. The molecule has 1 atom stereocenters. The topological polar surface area (TPSA) is 122 Å². The van der Waals surface area contributed by atoms with Crippen molar-refractivity contribution in [2.24, 2.45) is 10.3 Å². The van der Waals surface area contributed by atoms with Crippen LogP contribution in [0.15, 0.2) is 26.3 Å². The highest BCUT2D eigenvalue weighted by atomic mass is 35.5. The minimum atomic E-state index is -4.18. The summed E-state index contributed by atoms with van der Waals surface area (Å²) in [6.07, 6.45) is 5.19. The molecule has 0 fully saturated rings. The van der Waals surface area contributed by atoms with E-state index in [1.165, 1.54) is 4.90 Å². The van der Waals surface area contributed by atoms with Gasteiger partial charge in [0.25, 0.3) is 10.0 Å². The van der Waals surface area contributed by atoms with E-state index < -0.39 is 24.9 Å². The Labute approximate surface area is 173 Å². The van der Waals surface area contributed by atoms with Crippen LogP contribution in [-0.2, 0) is 20.0 Å². The number of halogens is 1. The molecule has 0 bridgehead atoms. The molecule has 1 rings (SSSR count). The van der Waals surface area contributed by atoms with Gasteiger partial charge < -0.3 is 10.6 Å². The number of hydrogen-bond donors (Lipinski definition) is 2. The Morgan fingerprint density at radius 2 is 1.86 bits per heavy atom. The van der Waals surface area contributed by atoms with Crippen LogP contribution >= 0.6 is 11.6 Å². The summed E-state index contributed by atoms with van der Waals surface area (Å²) in [7, 11) is -4.99. The highest BCUT2D eigenvalue weighted by Gasteiger charge is 2.25. The molecule has 0 radical (unpaired) electrons. The van der Waals surface area contributed by atoms with E-state index in [9.17, 15) is 16.8 Å². The third-order valence-electron chi connectivity index (χ3n) is 3.97. The number of nitrogens with two attached hydrogens (primary N) is 1. The standard InChI is InChI=1S/C17H29ClN4O4S2/c1-5-6-7-8-13(2)11-20-28(25,26)17-10-16(14(18)9-15(17)19)27(23,24)21-12-22(3)4/h9-10,12-13,20H,5-8,11,19H2,1-4H3/b21-12+. The molecule has 0 heterocycles. The molecule has 28 heavy (non-hydrogen) atoms. The average Bonchev–Trinajstić information content (AvgIpc) is 2.58. The van der Waals surface area contributed by atoms with Crippen molar-refractivity contribution in [1.29, 1.82) is 0 Å². The SMILES string of the molecule is CCCCCC(C)CNS(=O)(=O)c1cc(S(=O)(=O)/N=C/N(C)C)c(Cl)cc1N. The van der Waals surface area contributed by atoms with Crippen LogP contribution in [-0.4, -0.2) is 48.7 Å². The second-order valence-corrected chi connectivity index (χ2v) is 10.7. The molecule has 0 saturated heterocycles. The Balaban J connectivity index is 3.13. The maximum absolute atomic E-state index is 12.7. The lowest BCUT2D eigenvalue weighted by Crippen LogP contribution is -2.29. The molecule has 3 N–H and O–H groups in total.